The van der Waals surface area contributed by atoms with Crippen LogP contribution in [0.5, 0.6) is 0 Å². The van der Waals surface area contributed by atoms with Crippen LogP contribution >= 0.6 is 15.9 Å². The Morgan fingerprint density at radius 3 is 2.62 bits per heavy atom. The normalized spacial score (nSPS) is 11.1. The molecule has 0 saturated carbocycles. The highest BCUT2D eigenvalue weighted by Crippen LogP contribution is 2.32. The molecule has 0 unspecified atom stereocenters. The van der Waals surface area contributed by atoms with Crippen LogP contribution in [0.4, 0.5) is 11.6 Å². The second-order valence-electron chi connectivity index (χ2n) is 4.67. The van der Waals surface area contributed by atoms with E-state index in [2.05, 4.69) is 31.2 Å². The lowest BCUT2D eigenvalue weighted by atomic mass is 10.3. The third-order valence-corrected chi connectivity index (χ3v) is 4.21. The highest BCUT2D eigenvalue weighted by Gasteiger charge is 2.13. The Morgan fingerprint density at radius 2 is 1.76 bits per heavy atom. The molecule has 0 saturated heterocycles. The number of halogens is 1. The number of nitrogens with zero attached hydrogens (tertiary/aromatic N) is 3. The molecule has 0 radical (unpaired) electrons. The summed E-state index contributed by atoms with van der Waals surface area (Å²) in [4.78, 5) is 8.94. The fourth-order valence-corrected chi connectivity index (χ4v) is 3.05. The number of fused-ring (bicyclic) bond motifs is 3. The highest BCUT2D eigenvalue weighted by atomic mass is 79.9. The minimum Gasteiger partial charge on any atom is -0.325 e. The number of anilines is 2. The van der Waals surface area contributed by atoms with Crippen molar-refractivity contribution < 1.29 is 0 Å². The quantitative estimate of drug-likeness (QED) is 0.589. The molecule has 0 amide bonds. The predicted molar refractivity (Wildman–Crippen MR) is 87.9 cm³/mol. The van der Waals surface area contributed by atoms with Crippen molar-refractivity contribution in [3.8, 4) is 0 Å². The molecule has 4 aromatic rings. The molecule has 4 nitrogen and oxygen atoms in total. The lowest BCUT2D eigenvalue weighted by Crippen LogP contribution is -2.01. The molecule has 0 aliphatic carbocycles. The van der Waals surface area contributed by atoms with Gasteiger partial charge in [-0.2, -0.15) is 0 Å². The molecule has 5 heteroatoms. The molecule has 3 heterocycles. The van der Waals surface area contributed by atoms with E-state index in [9.17, 15) is 0 Å². The monoisotopic (exact) mass is 338 g/mol. The number of nitrogens with one attached hydrogen (secondary N) is 1. The summed E-state index contributed by atoms with van der Waals surface area (Å²) in [5, 5.41) is 4.41. The van der Waals surface area contributed by atoms with Gasteiger partial charge >= 0.3 is 0 Å². The maximum Gasteiger partial charge on any atom is 0.213 e. The summed E-state index contributed by atoms with van der Waals surface area (Å²) in [6.07, 6.45) is 3.59. The Morgan fingerprint density at radius 1 is 0.905 bits per heavy atom. The Hall–Kier alpha value is -2.40. The number of rotatable bonds is 2. The first-order chi connectivity index (χ1) is 10.3. The Kier molecular flexibility index (Phi) is 2.86. The minimum atomic E-state index is 0.744. The van der Waals surface area contributed by atoms with Gasteiger partial charge in [0.25, 0.3) is 0 Å². The van der Waals surface area contributed by atoms with Gasteiger partial charge in [0.2, 0.25) is 5.95 Å². The lowest BCUT2D eigenvalue weighted by Gasteiger charge is -2.08. The molecule has 0 aliphatic heterocycles. The van der Waals surface area contributed by atoms with Crippen molar-refractivity contribution in [2.75, 3.05) is 5.32 Å². The van der Waals surface area contributed by atoms with E-state index in [1.54, 1.807) is 12.4 Å². The molecule has 0 fully saturated rings. The average Bonchev–Trinajstić information content (AvgIpc) is 2.83. The van der Waals surface area contributed by atoms with Crippen LogP contribution < -0.4 is 5.32 Å². The molecular formula is C16H11BrN4. The topological polar surface area (TPSA) is 42.2 Å². The molecule has 0 bridgehead atoms. The summed E-state index contributed by atoms with van der Waals surface area (Å²) in [7, 11) is 0. The first-order valence-electron chi connectivity index (χ1n) is 6.56. The van der Waals surface area contributed by atoms with Gasteiger partial charge in [-0.05, 0) is 46.3 Å². The van der Waals surface area contributed by atoms with E-state index < -0.39 is 0 Å². The van der Waals surface area contributed by atoms with E-state index >= 15 is 0 Å². The van der Waals surface area contributed by atoms with Crippen LogP contribution in [0, 0.1) is 0 Å². The van der Waals surface area contributed by atoms with Crippen LogP contribution in [0.15, 0.2) is 65.4 Å². The van der Waals surface area contributed by atoms with E-state index in [4.69, 9.17) is 0 Å². The molecule has 0 aliphatic rings. The van der Waals surface area contributed by atoms with Gasteiger partial charge in [0.05, 0.1) is 9.99 Å². The summed E-state index contributed by atoms with van der Waals surface area (Å²) in [5.41, 5.74) is 2.91. The highest BCUT2D eigenvalue weighted by molar-refractivity contribution is 9.10. The van der Waals surface area contributed by atoms with Crippen molar-refractivity contribution in [2.24, 2.45) is 0 Å². The number of pyridine rings is 1. The van der Waals surface area contributed by atoms with Gasteiger partial charge in [-0.15, -0.1) is 0 Å². The van der Waals surface area contributed by atoms with E-state index in [0.29, 0.717) is 0 Å². The lowest BCUT2D eigenvalue weighted by molar-refractivity contribution is 1.11. The van der Waals surface area contributed by atoms with Crippen LogP contribution in [-0.4, -0.2) is 14.4 Å². The third-order valence-electron chi connectivity index (χ3n) is 3.37. The largest absolute Gasteiger partial charge is 0.325 e. The van der Waals surface area contributed by atoms with Crippen LogP contribution in [0.1, 0.15) is 0 Å². The van der Waals surface area contributed by atoms with Crippen molar-refractivity contribution in [1.82, 2.24) is 14.4 Å². The van der Waals surface area contributed by atoms with Gasteiger partial charge in [-0.3, -0.25) is 4.40 Å². The van der Waals surface area contributed by atoms with Crippen molar-refractivity contribution in [3.63, 3.8) is 0 Å². The first-order valence-corrected chi connectivity index (χ1v) is 7.35. The fourth-order valence-electron chi connectivity index (χ4n) is 2.43. The first kappa shape index (κ1) is 12.3. The summed E-state index contributed by atoms with van der Waals surface area (Å²) in [5.74, 6) is 0.744. The van der Waals surface area contributed by atoms with E-state index in [1.807, 2.05) is 52.9 Å². The van der Waals surface area contributed by atoms with Gasteiger partial charge in [0, 0.05) is 23.5 Å². The zero-order valence-electron chi connectivity index (χ0n) is 11.0. The number of aromatic nitrogens is 3. The summed E-state index contributed by atoms with van der Waals surface area (Å²) in [6, 6.07) is 15.9. The zero-order valence-corrected chi connectivity index (χ0v) is 12.6. The minimum absolute atomic E-state index is 0.744. The standard InChI is InChI=1S/C16H11BrN4/c17-14-12-7-4-9-18-15(12)21-13(14)8-10-19-16(21)20-11-5-2-1-3-6-11/h1-10H,(H,19,20). The molecule has 4 rings (SSSR count). The van der Waals surface area contributed by atoms with Gasteiger partial charge in [-0.1, -0.05) is 18.2 Å². The predicted octanol–water partition coefficient (Wildman–Crippen LogP) is 4.39. The summed E-state index contributed by atoms with van der Waals surface area (Å²) >= 11 is 3.66. The number of hydrogen-bond donors (Lipinski definition) is 1. The second-order valence-corrected chi connectivity index (χ2v) is 5.46. The Balaban J connectivity index is 1.99. The van der Waals surface area contributed by atoms with E-state index in [0.717, 1.165) is 32.7 Å². The Labute approximate surface area is 129 Å². The van der Waals surface area contributed by atoms with Crippen molar-refractivity contribution in [3.05, 3.63) is 65.4 Å². The number of hydrogen-bond acceptors (Lipinski definition) is 3. The molecule has 0 spiro atoms. The molecule has 102 valence electrons. The van der Waals surface area contributed by atoms with Gasteiger partial charge in [0.1, 0.15) is 5.65 Å². The number of benzene rings is 1. The van der Waals surface area contributed by atoms with E-state index in [1.165, 1.54) is 0 Å². The zero-order chi connectivity index (χ0) is 14.2. The van der Waals surface area contributed by atoms with Crippen molar-refractivity contribution in [1.29, 1.82) is 0 Å². The van der Waals surface area contributed by atoms with Crippen LogP contribution in [-0.2, 0) is 0 Å². The molecule has 0 atom stereocenters. The fraction of sp³-hybridized carbons (Fsp3) is 0. The SMILES string of the molecule is Brc1c2cccnc2n2c(Nc3ccccc3)nccc12. The van der Waals surface area contributed by atoms with Crippen LogP contribution in [0.2, 0.25) is 0 Å². The van der Waals surface area contributed by atoms with Crippen LogP contribution in [0.25, 0.3) is 16.6 Å². The van der Waals surface area contributed by atoms with Gasteiger partial charge in [0.15, 0.2) is 0 Å². The average molecular weight is 339 g/mol. The summed E-state index contributed by atoms with van der Waals surface area (Å²) < 4.78 is 3.05. The maximum atomic E-state index is 4.49. The molecule has 21 heavy (non-hydrogen) atoms. The smallest absolute Gasteiger partial charge is 0.213 e. The molecule has 1 aromatic carbocycles. The molecule has 3 aromatic heterocycles. The van der Waals surface area contributed by atoms with Crippen molar-refractivity contribution in [2.45, 2.75) is 0 Å². The van der Waals surface area contributed by atoms with Gasteiger partial charge in [-0.25, -0.2) is 9.97 Å². The summed E-state index contributed by atoms with van der Waals surface area (Å²) in [6.45, 7) is 0. The van der Waals surface area contributed by atoms with Gasteiger partial charge < -0.3 is 5.32 Å². The number of para-hydroxylation sites is 1. The Bertz CT molecular complexity index is 931. The molecular weight excluding hydrogens is 328 g/mol. The second kappa shape index (κ2) is 4.86. The maximum absolute atomic E-state index is 4.49. The molecule has 1 N–H and O–H groups in total. The van der Waals surface area contributed by atoms with E-state index in [-0.39, 0.29) is 0 Å². The third kappa shape index (κ3) is 1.97. The van der Waals surface area contributed by atoms with Crippen molar-refractivity contribution >= 4 is 44.1 Å². The van der Waals surface area contributed by atoms with Crippen LogP contribution in [0.3, 0.4) is 0 Å².